The van der Waals surface area contributed by atoms with Crippen molar-refractivity contribution in [3.63, 3.8) is 0 Å². The average Bonchev–Trinajstić information content (AvgIpc) is 3.40. The van der Waals surface area contributed by atoms with E-state index in [0.717, 1.165) is 10.6 Å². The highest BCUT2D eigenvalue weighted by atomic mass is 32.2. The van der Waals surface area contributed by atoms with Crippen molar-refractivity contribution in [3.8, 4) is 10.7 Å². The second kappa shape index (κ2) is 7.81. The number of halogens is 1. The number of thiophene rings is 1. The van der Waals surface area contributed by atoms with Gasteiger partial charge in [0.1, 0.15) is 11.2 Å². The molecular weight excluding hydrogens is 391 g/mol. The number of H-pyrrole nitrogens is 1. The molecule has 0 spiro atoms. The summed E-state index contributed by atoms with van der Waals surface area (Å²) in [6.07, 6.45) is 0. The van der Waals surface area contributed by atoms with Crippen LogP contribution in [0.2, 0.25) is 0 Å². The first-order valence-corrected chi connectivity index (χ1v) is 10.9. The van der Waals surface area contributed by atoms with Gasteiger partial charge < -0.3 is 4.90 Å². The largest absolute Gasteiger partial charge is 0.325 e. The molecule has 1 atom stereocenters. The van der Waals surface area contributed by atoms with Crippen molar-refractivity contribution in [3.05, 3.63) is 53.2 Å². The van der Waals surface area contributed by atoms with E-state index in [0.29, 0.717) is 23.1 Å². The van der Waals surface area contributed by atoms with Gasteiger partial charge in [0.05, 0.1) is 10.6 Å². The van der Waals surface area contributed by atoms with Crippen LogP contribution in [0.25, 0.3) is 10.7 Å². The highest BCUT2D eigenvalue weighted by molar-refractivity contribution is 8.00. The topological polar surface area (TPSA) is 61.9 Å². The van der Waals surface area contributed by atoms with Crippen LogP contribution in [0.3, 0.4) is 0 Å². The van der Waals surface area contributed by atoms with Gasteiger partial charge in [-0.25, -0.2) is 9.37 Å². The molecule has 0 saturated carbocycles. The molecule has 0 unspecified atom stereocenters. The number of rotatable bonds is 5. The molecule has 0 aliphatic carbocycles. The van der Waals surface area contributed by atoms with E-state index in [1.807, 2.05) is 17.5 Å². The fourth-order valence-electron chi connectivity index (χ4n) is 2.70. The first-order valence-electron chi connectivity index (χ1n) is 7.97. The van der Waals surface area contributed by atoms with Gasteiger partial charge in [-0.1, -0.05) is 36.0 Å². The zero-order valence-corrected chi connectivity index (χ0v) is 16.0. The maximum Gasteiger partial charge on any atom is 0.234 e. The molecule has 3 aromatic rings. The molecule has 1 fully saturated rings. The SMILES string of the molecule is O=C(CSc1n[nH]c(-c2cccs2)n1)N1CCS[C@@H]1c1ccccc1F. The third kappa shape index (κ3) is 3.65. The first kappa shape index (κ1) is 17.6. The van der Waals surface area contributed by atoms with Crippen LogP contribution in [-0.2, 0) is 4.79 Å². The Hall–Kier alpha value is -1.84. The van der Waals surface area contributed by atoms with E-state index in [2.05, 4.69) is 15.2 Å². The number of aromatic nitrogens is 3. The minimum absolute atomic E-state index is 0.0317. The molecule has 134 valence electrons. The molecule has 1 aliphatic heterocycles. The second-order valence-corrected chi connectivity index (χ2v) is 8.64. The van der Waals surface area contributed by atoms with Gasteiger partial charge in [0.2, 0.25) is 11.1 Å². The van der Waals surface area contributed by atoms with Crippen LogP contribution in [0.4, 0.5) is 4.39 Å². The maximum atomic E-state index is 14.1. The van der Waals surface area contributed by atoms with E-state index in [1.54, 1.807) is 46.2 Å². The van der Waals surface area contributed by atoms with Gasteiger partial charge in [-0.3, -0.25) is 9.89 Å². The summed E-state index contributed by atoms with van der Waals surface area (Å²) in [6.45, 7) is 0.623. The van der Waals surface area contributed by atoms with Crippen molar-refractivity contribution in [2.24, 2.45) is 0 Å². The van der Waals surface area contributed by atoms with Crippen LogP contribution in [-0.4, -0.2) is 44.0 Å². The Bertz CT molecular complexity index is 899. The Morgan fingerprint density at radius 1 is 1.35 bits per heavy atom. The predicted molar refractivity (Wildman–Crippen MR) is 104 cm³/mol. The summed E-state index contributed by atoms with van der Waals surface area (Å²) >= 11 is 4.46. The quantitative estimate of drug-likeness (QED) is 0.648. The monoisotopic (exact) mass is 406 g/mol. The maximum absolute atomic E-state index is 14.1. The molecule has 1 aliphatic rings. The Morgan fingerprint density at radius 2 is 2.23 bits per heavy atom. The Kier molecular flexibility index (Phi) is 5.28. The zero-order valence-electron chi connectivity index (χ0n) is 13.6. The number of aromatic amines is 1. The Morgan fingerprint density at radius 3 is 3.04 bits per heavy atom. The minimum atomic E-state index is -0.271. The third-order valence-corrected chi connectivity index (χ3v) is 6.88. The molecule has 2 aromatic heterocycles. The molecule has 4 rings (SSSR count). The summed E-state index contributed by atoms with van der Waals surface area (Å²) in [6, 6.07) is 10.6. The number of nitrogens with one attached hydrogen (secondary N) is 1. The standard InChI is InChI=1S/C17H15FN4OS3/c18-12-5-2-1-4-11(12)16-22(7-9-25-16)14(23)10-26-17-19-15(20-21-17)13-6-3-8-24-13/h1-6,8,16H,7,9-10H2,(H,19,20,21)/t16-/m1/s1. The van der Waals surface area contributed by atoms with Gasteiger partial charge in [-0.05, 0) is 17.5 Å². The van der Waals surface area contributed by atoms with Gasteiger partial charge in [0.15, 0.2) is 5.82 Å². The zero-order chi connectivity index (χ0) is 17.9. The number of carbonyl (C=O) groups is 1. The molecule has 1 saturated heterocycles. The fraction of sp³-hybridized carbons (Fsp3) is 0.235. The minimum Gasteiger partial charge on any atom is -0.325 e. The van der Waals surface area contributed by atoms with Gasteiger partial charge in [0, 0.05) is 17.9 Å². The summed E-state index contributed by atoms with van der Waals surface area (Å²) in [5.41, 5.74) is 0.561. The molecule has 1 aromatic carbocycles. The van der Waals surface area contributed by atoms with Crippen LogP contribution in [0.1, 0.15) is 10.9 Å². The van der Waals surface area contributed by atoms with Crippen LogP contribution in [0.15, 0.2) is 46.9 Å². The summed E-state index contributed by atoms with van der Waals surface area (Å²) in [7, 11) is 0. The number of benzene rings is 1. The van der Waals surface area contributed by atoms with E-state index in [4.69, 9.17) is 0 Å². The Labute approximate surface area is 162 Å². The van der Waals surface area contributed by atoms with Crippen LogP contribution in [0, 0.1) is 5.82 Å². The number of hydrogen-bond acceptors (Lipinski definition) is 6. The highest BCUT2D eigenvalue weighted by Crippen LogP contribution is 2.39. The van der Waals surface area contributed by atoms with Crippen molar-refractivity contribution in [1.82, 2.24) is 20.1 Å². The fourth-order valence-corrected chi connectivity index (χ4v) is 5.35. The second-order valence-electron chi connectivity index (χ2n) is 5.56. The third-order valence-electron chi connectivity index (χ3n) is 3.93. The van der Waals surface area contributed by atoms with E-state index < -0.39 is 0 Å². The molecule has 1 N–H and O–H groups in total. The molecule has 3 heterocycles. The van der Waals surface area contributed by atoms with E-state index in [-0.39, 0.29) is 22.9 Å². The van der Waals surface area contributed by atoms with Crippen LogP contribution in [0.5, 0.6) is 0 Å². The number of amides is 1. The number of hydrogen-bond donors (Lipinski definition) is 1. The van der Waals surface area contributed by atoms with E-state index >= 15 is 0 Å². The molecule has 9 heteroatoms. The lowest BCUT2D eigenvalue weighted by molar-refractivity contribution is -0.128. The number of nitrogens with zero attached hydrogens (tertiary/aromatic N) is 3. The lowest BCUT2D eigenvalue weighted by Crippen LogP contribution is -2.32. The highest BCUT2D eigenvalue weighted by Gasteiger charge is 2.32. The van der Waals surface area contributed by atoms with Crippen LogP contribution < -0.4 is 0 Å². The summed E-state index contributed by atoms with van der Waals surface area (Å²) in [5.74, 6) is 1.43. The first-order chi connectivity index (χ1) is 12.7. The summed E-state index contributed by atoms with van der Waals surface area (Å²) in [5, 5.41) is 9.30. The van der Waals surface area contributed by atoms with E-state index in [9.17, 15) is 9.18 Å². The Balaban J connectivity index is 1.41. The van der Waals surface area contributed by atoms with Gasteiger partial charge in [-0.2, -0.15) is 0 Å². The van der Waals surface area contributed by atoms with Gasteiger partial charge in [0.25, 0.3) is 0 Å². The predicted octanol–water partition coefficient (Wildman–Crippen LogP) is 4.04. The van der Waals surface area contributed by atoms with E-state index in [1.165, 1.54) is 17.8 Å². The summed E-state index contributed by atoms with van der Waals surface area (Å²) < 4.78 is 14.1. The molecule has 26 heavy (non-hydrogen) atoms. The van der Waals surface area contributed by atoms with Gasteiger partial charge >= 0.3 is 0 Å². The van der Waals surface area contributed by atoms with Gasteiger partial charge in [-0.15, -0.1) is 28.2 Å². The van der Waals surface area contributed by atoms with Crippen molar-refractivity contribution in [2.75, 3.05) is 18.1 Å². The van der Waals surface area contributed by atoms with Crippen molar-refractivity contribution in [2.45, 2.75) is 10.5 Å². The van der Waals surface area contributed by atoms with Crippen molar-refractivity contribution < 1.29 is 9.18 Å². The molecule has 1 amide bonds. The smallest absolute Gasteiger partial charge is 0.234 e. The van der Waals surface area contributed by atoms with Crippen molar-refractivity contribution in [1.29, 1.82) is 0 Å². The molecule has 0 radical (unpaired) electrons. The number of thioether (sulfide) groups is 2. The lowest BCUT2D eigenvalue weighted by atomic mass is 10.2. The molecule has 5 nitrogen and oxygen atoms in total. The average molecular weight is 407 g/mol. The lowest BCUT2D eigenvalue weighted by Gasteiger charge is -2.24. The summed E-state index contributed by atoms with van der Waals surface area (Å²) in [4.78, 5) is 19.8. The van der Waals surface area contributed by atoms with Crippen LogP contribution >= 0.6 is 34.9 Å². The molecular formula is C17H15FN4OS3. The van der Waals surface area contributed by atoms with Crippen molar-refractivity contribution >= 4 is 40.8 Å². The normalized spacial score (nSPS) is 17.0. The molecule has 0 bridgehead atoms. The number of carbonyl (C=O) groups excluding carboxylic acids is 1.